The minimum atomic E-state index is -0.145. The van der Waals surface area contributed by atoms with Gasteiger partial charge in [0.2, 0.25) is 0 Å². The monoisotopic (exact) mass is 326 g/mol. The van der Waals surface area contributed by atoms with E-state index in [2.05, 4.69) is 5.32 Å². The lowest BCUT2D eigenvalue weighted by atomic mass is 10.1. The van der Waals surface area contributed by atoms with Crippen LogP contribution in [0.15, 0.2) is 18.2 Å². The van der Waals surface area contributed by atoms with Crippen LogP contribution >= 0.6 is 11.6 Å². The second-order valence-electron chi connectivity index (χ2n) is 5.48. The van der Waals surface area contributed by atoms with Crippen LogP contribution < -0.4 is 10.1 Å². The maximum atomic E-state index is 12.1. The number of halogens is 1. The van der Waals surface area contributed by atoms with Gasteiger partial charge in [-0.05, 0) is 43.9 Å². The first-order valence-corrected chi connectivity index (χ1v) is 7.95. The lowest BCUT2D eigenvalue weighted by Gasteiger charge is -2.19. The summed E-state index contributed by atoms with van der Waals surface area (Å²) in [6.45, 7) is 1.58. The number of carbonyl (C=O) groups is 1. The third-order valence-electron chi connectivity index (χ3n) is 3.79. The molecule has 1 aliphatic heterocycles. The molecule has 1 saturated heterocycles. The summed E-state index contributed by atoms with van der Waals surface area (Å²) in [7, 11) is 3.34. The zero-order chi connectivity index (χ0) is 15.9. The van der Waals surface area contributed by atoms with E-state index in [4.69, 9.17) is 21.1 Å². The van der Waals surface area contributed by atoms with Crippen LogP contribution in [0.3, 0.4) is 0 Å². The molecule has 1 N–H and O–H groups in total. The Balaban J connectivity index is 1.76. The van der Waals surface area contributed by atoms with Crippen LogP contribution in [0.2, 0.25) is 5.02 Å². The van der Waals surface area contributed by atoms with E-state index in [0.717, 1.165) is 32.3 Å². The van der Waals surface area contributed by atoms with Crippen LogP contribution in [0.4, 0.5) is 10.5 Å². The number of hydrogen-bond acceptors (Lipinski definition) is 3. The van der Waals surface area contributed by atoms with Crippen LogP contribution in [0.5, 0.6) is 5.75 Å². The third-order valence-corrected chi connectivity index (χ3v) is 4.09. The van der Waals surface area contributed by atoms with E-state index in [1.807, 2.05) is 0 Å². The van der Waals surface area contributed by atoms with Gasteiger partial charge in [0.05, 0.1) is 18.2 Å². The summed E-state index contributed by atoms with van der Waals surface area (Å²) in [6, 6.07) is 5.03. The van der Waals surface area contributed by atoms with Crippen LogP contribution in [-0.2, 0) is 4.74 Å². The van der Waals surface area contributed by atoms with Crippen molar-refractivity contribution in [1.29, 1.82) is 0 Å². The molecule has 6 heteroatoms. The number of anilines is 1. The predicted octanol–water partition coefficient (Wildman–Crippen LogP) is 3.77. The number of amides is 2. The molecule has 0 aliphatic carbocycles. The maximum absolute atomic E-state index is 12.1. The Kier molecular flexibility index (Phi) is 6.34. The number of nitrogens with one attached hydrogen (secondary N) is 1. The number of carbonyl (C=O) groups excluding carboxylic acids is 1. The molecule has 0 aromatic heterocycles. The van der Waals surface area contributed by atoms with Gasteiger partial charge in [-0.1, -0.05) is 11.6 Å². The number of benzene rings is 1. The van der Waals surface area contributed by atoms with Crippen LogP contribution in [0.25, 0.3) is 0 Å². The van der Waals surface area contributed by atoms with E-state index >= 15 is 0 Å². The fourth-order valence-electron chi connectivity index (χ4n) is 2.49. The molecule has 0 saturated carbocycles. The molecular weight excluding hydrogens is 304 g/mol. The zero-order valence-corrected chi connectivity index (χ0v) is 13.9. The number of hydrogen-bond donors (Lipinski definition) is 1. The van der Waals surface area contributed by atoms with Crippen LogP contribution in [-0.4, -0.2) is 44.3 Å². The topological polar surface area (TPSA) is 50.8 Å². The Bertz CT molecular complexity index is 504. The van der Waals surface area contributed by atoms with Gasteiger partial charge in [-0.2, -0.15) is 0 Å². The highest BCUT2D eigenvalue weighted by atomic mass is 35.5. The molecule has 0 unspecified atom stereocenters. The van der Waals surface area contributed by atoms with E-state index in [0.29, 0.717) is 29.1 Å². The lowest BCUT2D eigenvalue weighted by Crippen LogP contribution is -2.32. The molecule has 0 bridgehead atoms. The SMILES string of the molecule is COc1ccc(NC(=O)N(C)CCC[C@H]2CCCO2)cc1Cl. The van der Waals surface area contributed by atoms with Crippen molar-refractivity contribution < 1.29 is 14.3 Å². The molecule has 1 aliphatic rings. The van der Waals surface area contributed by atoms with Crippen molar-refractivity contribution in [2.75, 3.05) is 32.6 Å². The Morgan fingerprint density at radius 3 is 3.00 bits per heavy atom. The number of urea groups is 1. The zero-order valence-electron chi connectivity index (χ0n) is 13.1. The fraction of sp³-hybridized carbons (Fsp3) is 0.562. The Morgan fingerprint density at radius 2 is 2.36 bits per heavy atom. The van der Waals surface area contributed by atoms with Crippen molar-refractivity contribution in [3.63, 3.8) is 0 Å². The highest BCUT2D eigenvalue weighted by Gasteiger charge is 2.16. The van der Waals surface area contributed by atoms with Gasteiger partial charge < -0.3 is 19.7 Å². The number of rotatable bonds is 6. The maximum Gasteiger partial charge on any atom is 0.321 e. The Labute approximate surface area is 136 Å². The number of nitrogens with zero attached hydrogens (tertiary/aromatic N) is 1. The summed E-state index contributed by atoms with van der Waals surface area (Å²) < 4.78 is 10.7. The van der Waals surface area contributed by atoms with Gasteiger partial charge in [0.1, 0.15) is 5.75 Å². The molecule has 1 fully saturated rings. The summed E-state index contributed by atoms with van der Waals surface area (Å²) in [5.74, 6) is 0.588. The summed E-state index contributed by atoms with van der Waals surface area (Å²) in [5, 5.41) is 3.30. The first-order chi connectivity index (χ1) is 10.6. The second-order valence-corrected chi connectivity index (χ2v) is 5.89. The molecular formula is C16H23ClN2O3. The summed E-state index contributed by atoms with van der Waals surface area (Å²) in [5.41, 5.74) is 0.654. The standard InChI is InChI=1S/C16H23ClN2O3/c1-19(9-3-5-13-6-4-10-22-13)16(20)18-12-7-8-15(21-2)14(17)11-12/h7-8,11,13H,3-6,9-10H2,1-2H3,(H,18,20)/t13-/m0/s1. The third kappa shape index (κ3) is 4.78. The molecule has 0 spiro atoms. The molecule has 0 radical (unpaired) electrons. The molecule has 2 amide bonds. The van der Waals surface area contributed by atoms with Crippen molar-refractivity contribution in [3.8, 4) is 5.75 Å². The molecule has 1 aromatic carbocycles. The van der Waals surface area contributed by atoms with Crippen molar-refractivity contribution in [2.24, 2.45) is 0 Å². The average molecular weight is 327 g/mol. The highest BCUT2D eigenvalue weighted by molar-refractivity contribution is 6.32. The molecule has 1 atom stereocenters. The van der Waals surface area contributed by atoms with E-state index in [9.17, 15) is 4.79 Å². The fourth-order valence-corrected chi connectivity index (χ4v) is 2.75. The molecule has 5 nitrogen and oxygen atoms in total. The summed E-state index contributed by atoms with van der Waals surface area (Å²) in [6.07, 6.45) is 4.61. The molecule has 22 heavy (non-hydrogen) atoms. The van der Waals surface area contributed by atoms with Crippen molar-refractivity contribution >= 4 is 23.3 Å². The van der Waals surface area contributed by atoms with Gasteiger partial charge in [-0.15, -0.1) is 0 Å². The van der Waals surface area contributed by atoms with Gasteiger partial charge in [0, 0.05) is 25.9 Å². The minimum absolute atomic E-state index is 0.145. The van der Waals surface area contributed by atoms with Gasteiger partial charge in [-0.25, -0.2) is 4.79 Å². The largest absolute Gasteiger partial charge is 0.495 e. The Hall–Kier alpha value is -1.46. The van der Waals surface area contributed by atoms with Gasteiger partial charge in [0.15, 0.2) is 0 Å². The first kappa shape index (κ1) is 16.9. The van der Waals surface area contributed by atoms with Gasteiger partial charge in [-0.3, -0.25) is 0 Å². The summed E-state index contributed by atoms with van der Waals surface area (Å²) >= 11 is 6.05. The summed E-state index contributed by atoms with van der Waals surface area (Å²) in [4.78, 5) is 13.8. The minimum Gasteiger partial charge on any atom is -0.495 e. The lowest BCUT2D eigenvalue weighted by molar-refractivity contribution is 0.101. The predicted molar refractivity (Wildman–Crippen MR) is 87.9 cm³/mol. The smallest absolute Gasteiger partial charge is 0.321 e. The molecule has 1 heterocycles. The average Bonchev–Trinajstić information content (AvgIpc) is 3.00. The highest BCUT2D eigenvalue weighted by Crippen LogP contribution is 2.27. The number of ether oxygens (including phenoxy) is 2. The Morgan fingerprint density at radius 1 is 1.55 bits per heavy atom. The van der Waals surface area contributed by atoms with E-state index in [1.54, 1.807) is 37.3 Å². The van der Waals surface area contributed by atoms with E-state index in [-0.39, 0.29) is 6.03 Å². The van der Waals surface area contributed by atoms with Gasteiger partial charge in [0.25, 0.3) is 0 Å². The van der Waals surface area contributed by atoms with E-state index < -0.39 is 0 Å². The van der Waals surface area contributed by atoms with E-state index in [1.165, 1.54) is 0 Å². The van der Waals surface area contributed by atoms with Crippen molar-refractivity contribution in [1.82, 2.24) is 4.90 Å². The van der Waals surface area contributed by atoms with Crippen molar-refractivity contribution in [2.45, 2.75) is 31.8 Å². The number of methoxy groups -OCH3 is 1. The quantitative estimate of drug-likeness (QED) is 0.865. The molecule has 2 rings (SSSR count). The van der Waals surface area contributed by atoms with Crippen molar-refractivity contribution in [3.05, 3.63) is 23.2 Å². The van der Waals surface area contributed by atoms with Crippen LogP contribution in [0, 0.1) is 0 Å². The first-order valence-electron chi connectivity index (χ1n) is 7.57. The molecule has 1 aromatic rings. The van der Waals surface area contributed by atoms with Gasteiger partial charge >= 0.3 is 6.03 Å². The molecule has 122 valence electrons. The van der Waals surface area contributed by atoms with Crippen LogP contribution in [0.1, 0.15) is 25.7 Å². The second kappa shape index (κ2) is 8.25. The normalized spacial score (nSPS) is 17.3.